The first-order valence-electron chi connectivity index (χ1n) is 12.1. The minimum atomic E-state index is 0.550. The molecule has 3 aromatic rings. The Balaban J connectivity index is 1.23. The molecule has 0 unspecified atom stereocenters. The molecule has 0 saturated heterocycles. The zero-order valence-electron chi connectivity index (χ0n) is 18.5. The summed E-state index contributed by atoms with van der Waals surface area (Å²) >= 11 is 6.23. The molecule has 162 valence electrons. The van der Waals surface area contributed by atoms with Crippen LogP contribution in [0.3, 0.4) is 0 Å². The number of hydrogen-bond acceptors (Lipinski definition) is 1. The lowest BCUT2D eigenvalue weighted by atomic mass is 9.48. The van der Waals surface area contributed by atoms with E-state index in [0.717, 1.165) is 35.9 Å². The second-order valence-electron chi connectivity index (χ2n) is 10.8. The molecule has 0 amide bonds. The van der Waals surface area contributed by atoms with Crippen LogP contribution in [-0.4, -0.2) is 10.6 Å². The highest BCUT2D eigenvalue weighted by molar-refractivity contribution is 6.30. The van der Waals surface area contributed by atoms with Crippen LogP contribution in [0.15, 0.2) is 54.7 Å². The monoisotopic (exact) mass is 432 g/mol. The average molecular weight is 433 g/mol. The van der Waals surface area contributed by atoms with E-state index in [-0.39, 0.29) is 0 Å². The lowest BCUT2D eigenvalue weighted by Crippen LogP contribution is -2.54. The van der Waals surface area contributed by atoms with E-state index in [2.05, 4.69) is 59.4 Å². The number of rotatable bonds is 6. The lowest BCUT2D eigenvalue weighted by Gasteiger charge is -2.59. The molecule has 4 bridgehead atoms. The first-order valence-corrected chi connectivity index (χ1v) is 12.5. The Kier molecular flexibility index (Phi) is 4.92. The molecule has 4 aliphatic rings. The van der Waals surface area contributed by atoms with Gasteiger partial charge in [0.2, 0.25) is 0 Å². The fourth-order valence-corrected chi connectivity index (χ4v) is 7.83. The highest BCUT2D eigenvalue weighted by atomic mass is 35.5. The van der Waals surface area contributed by atoms with Crippen LogP contribution < -0.4 is 5.32 Å². The average Bonchev–Trinajstić information content (AvgIpc) is 3.09. The quantitative estimate of drug-likeness (QED) is 0.442. The van der Waals surface area contributed by atoms with Crippen molar-refractivity contribution in [3.05, 3.63) is 70.9 Å². The molecule has 2 aromatic carbocycles. The van der Waals surface area contributed by atoms with Gasteiger partial charge in [-0.1, -0.05) is 41.9 Å². The summed E-state index contributed by atoms with van der Waals surface area (Å²) in [4.78, 5) is 0. The normalized spacial score (nSPS) is 30.2. The SMILES string of the molecule is C[C@@H](NCc1cn(Cc2cccc(Cl)c2)c2ccccc12)C12CC3CC(CC(C3)C1)C2. The van der Waals surface area contributed by atoms with E-state index in [4.69, 9.17) is 11.6 Å². The van der Waals surface area contributed by atoms with E-state index in [0.29, 0.717) is 11.5 Å². The Labute approximate surface area is 191 Å². The molecule has 4 aliphatic carbocycles. The number of fused-ring (bicyclic) bond motifs is 1. The topological polar surface area (TPSA) is 17.0 Å². The number of nitrogens with one attached hydrogen (secondary N) is 1. The lowest BCUT2D eigenvalue weighted by molar-refractivity contribution is -0.0706. The van der Waals surface area contributed by atoms with Gasteiger partial charge in [-0.15, -0.1) is 0 Å². The van der Waals surface area contributed by atoms with Crippen LogP contribution in [-0.2, 0) is 13.1 Å². The van der Waals surface area contributed by atoms with Crippen LogP contribution in [0.4, 0.5) is 0 Å². The van der Waals surface area contributed by atoms with Gasteiger partial charge >= 0.3 is 0 Å². The molecule has 1 atom stereocenters. The predicted molar refractivity (Wildman–Crippen MR) is 129 cm³/mol. The van der Waals surface area contributed by atoms with Gasteiger partial charge in [0, 0.05) is 41.3 Å². The minimum Gasteiger partial charge on any atom is -0.343 e. The van der Waals surface area contributed by atoms with E-state index in [1.165, 1.54) is 60.6 Å². The van der Waals surface area contributed by atoms with Crippen LogP contribution in [0.5, 0.6) is 0 Å². The van der Waals surface area contributed by atoms with Gasteiger partial charge in [0.05, 0.1) is 0 Å². The Morgan fingerprint density at radius 1 is 1.00 bits per heavy atom. The standard InChI is InChI=1S/C28H33ClN2/c1-19(28-13-21-9-22(14-28)11-23(10-21)15-28)30-16-24-18-31(27-8-3-2-7-26(24)27)17-20-5-4-6-25(29)12-20/h2-8,12,18-19,21-23,30H,9-11,13-17H2,1H3/t19-,21?,22?,23?,28?/m1/s1. The number of halogens is 1. The first-order chi connectivity index (χ1) is 15.1. The van der Waals surface area contributed by atoms with E-state index in [9.17, 15) is 0 Å². The number of para-hydroxylation sites is 1. The third-order valence-electron chi connectivity index (χ3n) is 8.72. The van der Waals surface area contributed by atoms with Gasteiger partial charge in [0.1, 0.15) is 0 Å². The van der Waals surface area contributed by atoms with Crippen LogP contribution in [0.1, 0.15) is 56.6 Å². The summed E-state index contributed by atoms with van der Waals surface area (Å²) in [5, 5.41) is 6.18. The van der Waals surface area contributed by atoms with Crippen LogP contribution in [0.25, 0.3) is 10.9 Å². The number of benzene rings is 2. The number of hydrogen-bond donors (Lipinski definition) is 1. The van der Waals surface area contributed by atoms with Gasteiger partial charge < -0.3 is 9.88 Å². The van der Waals surface area contributed by atoms with Crippen molar-refractivity contribution in [1.82, 2.24) is 9.88 Å². The van der Waals surface area contributed by atoms with Gasteiger partial charge in [-0.05, 0) is 97.9 Å². The van der Waals surface area contributed by atoms with E-state index in [1.807, 2.05) is 12.1 Å². The van der Waals surface area contributed by atoms with E-state index in [1.54, 1.807) is 0 Å². The summed E-state index contributed by atoms with van der Waals surface area (Å²) < 4.78 is 2.38. The third kappa shape index (κ3) is 3.62. The predicted octanol–water partition coefficient (Wildman–Crippen LogP) is 7.04. The molecule has 1 N–H and O–H groups in total. The third-order valence-corrected chi connectivity index (χ3v) is 8.95. The summed E-state index contributed by atoms with van der Waals surface area (Å²) in [7, 11) is 0. The molecule has 1 aromatic heterocycles. The van der Waals surface area contributed by atoms with Gasteiger partial charge in [0.25, 0.3) is 0 Å². The molecule has 2 nitrogen and oxygen atoms in total. The fourth-order valence-electron chi connectivity index (χ4n) is 7.61. The minimum absolute atomic E-state index is 0.550. The summed E-state index contributed by atoms with van der Waals surface area (Å²) in [6.45, 7) is 4.27. The Hall–Kier alpha value is -1.77. The Morgan fingerprint density at radius 3 is 2.42 bits per heavy atom. The molecule has 0 spiro atoms. The highest BCUT2D eigenvalue weighted by Crippen LogP contribution is 2.61. The van der Waals surface area contributed by atoms with E-state index >= 15 is 0 Å². The van der Waals surface area contributed by atoms with Crippen molar-refractivity contribution >= 4 is 22.5 Å². The van der Waals surface area contributed by atoms with Crippen molar-refractivity contribution in [3.63, 3.8) is 0 Å². The summed E-state index contributed by atoms with van der Waals surface area (Å²) in [5.41, 5.74) is 4.51. The molecular weight excluding hydrogens is 400 g/mol. The van der Waals surface area contributed by atoms with Gasteiger partial charge in [0.15, 0.2) is 0 Å². The maximum Gasteiger partial charge on any atom is 0.0486 e. The van der Waals surface area contributed by atoms with Crippen LogP contribution >= 0.6 is 11.6 Å². The molecule has 0 aliphatic heterocycles. The largest absolute Gasteiger partial charge is 0.343 e. The zero-order chi connectivity index (χ0) is 21.0. The van der Waals surface area contributed by atoms with Gasteiger partial charge in [-0.25, -0.2) is 0 Å². The van der Waals surface area contributed by atoms with Crippen LogP contribution in [0, 0.1) is 23.2 Å². The van der Waals surface area contributed by atoms with Crippen molar-refractivity contribution in [3.8, 4) is 0 Å². The maximum atomic E-state index is 6.23. The molecule has 4 fully saturated rings. The fraction of sp³-hybridized carbons (Fsp3) is 0.500. The Bertz CT molecular complexity index is 1060. The molecule has 0 radical (unpaired) electrons. The molecule has 3 heteroatoms. The van der Waals surface area contributed by atoms with Crippen LogP contribution in [0.2, 0.25) is 5.02 Å². The van der Waals surface area contributed by atoms with Gasteiger partial charge in [-0.2, -0.15) is 0 Å². The molecule has 31 heavy (non-hydrogen) atoms. The number of nitrogens with zero attached hydrogens (tertiary/aromatic N) is 1. The summed E-state index contributed by atoms with van der Waals surface area (Å²) in [6.07, 6.45) is 11.3. The van der Waals surface area contributed by atoms with Crippen molar-refractivity contribution in [2.75, 3.05) is 0 Å². The smallest absolute Gasteiger partial charge is 0.0486 e. The highest BCUT2D eigenvalue weighted by Gasteiger charge is 2.52. The van der Waals surface area contributed by atoms with Crippen molar-refractivity contribution in [2.45, 2.75) is 64.6 Å². The van der Waals surface area contributed by atoms with E-state index < -0.39 is 0 Å². The van der Waals surface area contributed by atoms with Crippen molar-refractivity contribution < 1.29 is 0 Å². The summed E-state index contributed by atoms with van der Waals surface area (Å²) in [5.74, 6) is 3.03. The van der Waals surface area contributed by atoms with Crippen molar-refractivity contribution in [1.29, 1.82) is 0 Å². The Morgan fingerprint density at radius 2 is 1.71 bits per heavy atom. The second-order valence-corrected chi connectivity index (χ2v) is 11.2. The van der Waals surface area contributed by atoms with Gasteiger partial charge in [-0.3, -0.25) is 0 Å². The van der Waals surface area contributed by atoms with Crippen molar-refractivity contribution in [2.24, 2.45) is 23.2 Å². The molecule has 7 rings (SSSR count). The number of aromatic nitrogens is 1. The molecular formula is C28H33ClN2. The molecule has 1 heterocycles. The second kappa shape index (κ2) is 7.67. The maximum absolute atomic E-state index is 6.23. The zero-order valence-corrected chi connectivity index (χ0v) is 19.2. The summed E-state index contributed by atoms with van der Waals surface area (Å²) in [6, 6.07) is 17.6. The first kappa shape index (κ1) is 19.9. The molecule has 4 saturated carbocycles.